The molecule has 0 spiro atoms. The molecule has 0 fully saturated rings. The number of phenolic OH excluding ortho intramolecular Hbond substituents is 1. The molecular weight excluding hydrogens is 262 g/mol. The molecule has 0 bridgehead atoms. The molecule has 0 unspecified atom stereocenters. The number of allylic oxidation sites excluding steroid dienone is 1. The lowest BCUT2D eigenvalue weighted by Crippen LogP contribution is -2.10. The highest BCUT2D eigenvalue weighted by atomic mass is 16.5. The van der Waals surface area contributed by atoms with Gasteiger partial charge in [0.15, 0.2) is 0 Å². The molecule has 0 saturated carbocycles. The maximum Gasteiger partial charge on any atom is 0.124 e. The Morgan fingerprint density at radius 3 is 2.62 bits per heavy atom. The van der Waals surface area contributed by atoms with Crippen molar-refractivity contribution in [3.63, 3.8) is 0 Å². The zero-order chi connectivity index (χ0) is 15.1. The number of nitrogens with two attached hydrogens (primary N) is 1. The fourth-order valence-electron chi connectivity index (χ4n) is 2.12. The number of hydrogen-bond donors (Lipinski definition) is 2. The molecule has 0 aromatic heterocycles. The number of aromatic hydroxyl groups is 1. The standard InChI is InChI=1S/C18H21NO2/c1-2-3-9-17(19)16-11-10-15(12-18(16)20)21-13-14-7-5-4-6-8-14/h2,4-8,10-12,17,20H,1,3,9,13,19H2/t17-/m0/s1. The molecule has 2 aromatic rings. The number of phenols is 1. The normalized spacial score (nSPS) is 11.9. The van der Waals surface area contributed by atoms with Crippen molar-refractivity contribution in [2.24, 2.45) is 5.73 Å². The number of ether oxygens (including phenoxy) is 1. The molecule has 110 valence electrons. The Bertz CT molecular complexity index is 581. The van der Waals surface area contributed by atoms with E-state index in [-0.39, 0.29) is 11.8 Å². The number of benzene rings is 2. The topological polar surface area (TPSA) is 55.5 Å². The van der Waals surface area contributed by atoms with Gasteiger partial charge in [0.25, 0.3) is 0 Å². The van der Waals surface area contributed by atoms with Gasteiger partial charge in [0.1, 0.15) is 18.1 Å². The quantitative estimate of drug-likeness (QED) is 0.757. The van der Waals surface area contributed by atoms with Crippen LogP contribution >= 0.6 is 0 Å². The second kappa shape index (κ2) is 7.50. The maximum atomic E-state index is 10.1. The summed E-state index contributed by atoms with van der Waals surface area (Å²) in [6.07, 6.45) is 3.42. The third-order valence-electron chi connectivity index (χ3n) is 3.33. The van der Waals surface area contributed by atoms with Gasteiger partial charge in [0.05, 0.1) is 0 Å². The Labute approximate surface area is 125 Å². The number of hydrogen-bond acceptors (Lipinski definition) is 3. The van der Waals surface area contributed by atoms with Crippen LogP contribution in [0.1, 0.15) is 30.0 Å². The highest BCUT2D eigenvalue weighted by Crippen LogP contribution is 2.29. The van der Waals surface area contributed by atoms with Gasteiger partial charge in [-0.1, -0.05) is 42.5 Å². The van der Waals surface area contributed by atoms with E-state index in [0.29, 0.717) is 12.4 Å². The molecule has 0 saturated heterocycles. The van der Waals surface area contributed by atoms with Gasteiger partial charge >= 0.3 is 0 Å². The van der Waals surface area contributed by atoms with E-state index in [2.05, 4.69) is 6.58 Å². The van der Waals surface area contributed by atoms with Crippen molar-refractivity contribution in [3.05, 3.63) is 72.3 Å². The Morgan fingerprint density at radius 1 is 1.19 bits per heavy atom. The van der Waals surface area contributed by atoms with Crippen LogP contribution in [0.3, 0.4) is 0 Å². The zero-order valence-corrected chi connectivity index (χ0v) is 12.0. The van der Waals surface area contributed by atoms with Gasteiger partial charge in [0, 0.05) is 17.7 Å². The van der Waals surface area contributed by atoms with Gasteiger partial charge in [-0.3, -0.25) is 0 Å². The second-order valence-electron chi connectivity index (χ2n) is 4.97. The number of rotatable bonds is 7. The van der Waals surface area contributed by atoms with E-state index in [0.717, 1.165) is 24.0 Å². The first-order valence-electron chi connectivity index (χ1n) is 7.07. The van der Waals surface area contributed by atoms with Crippen LogP contribution in [0.2, 0.25) is 0 Å². The lowest BCUT2D eigenvalue weighted by molar-refractivity contribution is 0.304. The Balaban J connectivity index is 2.00. The summed E-state index contributed by atoms with van der Waals surface area (Å²) in [5.74, 6) is 0.813. The molecule has 2 rings (SSSR count). The average molecular weight is 283 g/mol. The van der Waals surface area contributed by atoms with Crippen molar-refractivity contribution >= 4 is 0 Å². The monoisotopic (exact) mass is 283 g/mol. The third-order valence-corrected chi connectivity index (χ3v) is 3.33. The summed E-state index contributed by atoms with van der Waals surface area (Å²) >= 11 is 0. The molecule has 0 radical (unpaired) electrons. The van der Waals surface area contributed by atoms with Gasteiger partial charge in [-0.25, -0.2) is 0 Å². The van der Waals surface area contributed by atoms with E-state index in [1.165, 1.54) is 0 Å². The van der Waals surface area contributed by atoms with E-state index in [1.807, 2.05) is 48.5 Å². The lowest BCUT2D eigenvalue weighted by Gasteiger charge is -2.14. The predicted molar refractivity (Wildman–Crippen MR) is 85.2 cm³/mol. The fraction of sp³-hybridized carbons (Fsp3) is 0.222. The maximum absolute atomic E-state index is 10.1. The van der Waals surface area contributed by atoms with Crippen LogP contribution in [0, 0.1) is 0 Å². The van der Waals surface area contributed by atoms with E-state index >= 15 is 0 Å². The Kier molecular flexibility index (Phi) is 5.41. The smallest absolute Gasteiger partial charge is 0.124 e. The van der Waals surface area contributed by atoms with Crippen LogP contribution in [0.15, 0.2) is 61.2 Å². The average Bonchev–Trinajstić information content (AvgIpc) is 2.51. The first-order chi connectivity index (χ1) is 10.2. The predicted octanol–water partition coefficient (Wildman–Crippen LogP) is 3.94. The Morgan fingerprint density at radius 2 is 1.95 bits per heavy atom. The molecule has 0 aliphatic rings. The molecule has 2 aromatic carbocycles. The van der Waals surface area contributed by atoms with Gasteiger partial charge in [-0.05, 0) is 24.5 Å². The zero-order valence-electron chi connectivity index (χ0n) is 12.0. The van der Waals surface area contributed by atoms with Crippen LogP contribution in [-0.2, 0) is 6.61 Å². The van der Waals surface area contributed by atoms with E-state index in [9.17, 15) is 5.11 Å². The van der Waals surface area contributed by atoms with Gasteiger partial charge in [-0.2, -0.15) is 0 Å². The molecule has 3 N–H and O–H groups in total. The molecule has 1 atom stereocenters. The summed E-state index contributed by atoms with van der Waals surface area (Å²) < 4.78 is 5.67. The van der Waals surface area contributed by atoms with Crippen molar-refractivity contribution in [2.75, 3.05) is 0 Å². The van der Waals surface area contributed by atoms with E-state index < -0.39 is 0 Å². The van der Waals surface area contributed by atoms with Crippen LogP contribution in [0.4, 0.5) is 0 Å². The van der Waals surface area contributed by atoms with E-state index in [4.69, 9.17) is 10.5 Å². The minimum Gasteiger partial charge on any atom is -0.507 e. The summed E-state index contributed by atoms with van der Waals surface area (Å²) in [7, 11) is 0. The summed E-state index contributed by atoms with van der Waals surface area (Å²) in [5.41, 5.74) is 7.87. The highest BCUT2D eigenvalue weighted by molar-refractivity contribution is 5.41. The summed E-state index contributed by atoms with van der Waals surface area (Å²) in [6, 6.07) is 15.0. The summed E-state index contributed by atoms with van der Waals surface area (Å²) in [6.45, 7) is 4.15. The minimum atomic E-state index is -0.189. The third kappa shape index (κ3) is 4.36. The molecule has 0 heterocycles. The van der Waals surface area contributed by atoms with Crippen LogP contribution in [0.25, 0.3) is 0 Å². The highest BCUT2D eigenvalue weighted by Gasteiger charge is 2.11. The first-order valence-corrected chi connectivity index (χ1v) is 7.07. The van der Waals surface area contributed by atoms with Crippen molar-refractivity contribution in [2.45, 2.75) is 25.5 Å². The van der Waals surface area contributed by atoms with Gasteiger partial charge in [0.2, 0.25) is 0 Å². The Hall–Kier alpha value is -2.26. The molecule has 0 amide bonds. The van der Waals surface area contributed by atoms with Crippen molar-refractivity contribution in [3.8, 4) is 11.5 Å². The fourth-order valence-corrected chi connectivity index (χ4v) is 2.12. The largest absolute Gasteiger partial charge is 0.507 e. The van der Waals surface area contributed by atoms with Crippen LogP contribution in [-0.4, -0.2) is 5.11 Å². The van der Waals surface area contributed by atoms with Crippen molar-refractivity contribution < 1.29 is 9.84 Å². The van der Waals surface area contributed by atoms with Gasteiger partial charge < -0.3 is 15.6 Å². The molecule has 3 heteroatoms. The van der Waals surface area contributed by atoms with Crippen LogP contribution < -0.4 is 10.5 Å². The molecule has 0 aliphatic heterocycles. The molecule has 0 aliphatic carbocycles. The molecule has 21 heavy (non-hydrogen) atoms. The lowest BCUT2D eigenvalue weighted by atomic mass is 10.0. The SMILES string of the molecule is C=CCC[C@H](N)c1ccc(OCc2ccccc2)cc1O. The van der Waals surface area contributed by atoms with E-state index in [1.54, 1.807) is 6.07 Å². The van der Waals surface area contributed by atoms with Gasteiger partial charge in [-0.15, -0.1) is 6.58 Å². The molecule has 3 nitrogen and oxygen atoms in total. The first kappa shape index (κ1) is 15.1. The van der Waals surface area contributed by atoms with Crippen molar-refractivity contribution in [1.29, 1.82) is 0 Å². The van der Waals surface area contributed by atoms with Crippen LogP contribution in [0.5, 0.6) is 11.5 Å². The minimum absolute atomic E-state index is 0.178. The summed E-state index contributed by atoms with van der Waals surface area (Å²) in [4.78, 5) is 0. The summed E-state index contributed by atoms with van der Waals surface area (Å²) in [5, 5.41) is 10.1. The van der Waals surface area contributed by atoms with Crippen molar-refractivity contribution in [1.82, 2.24) is 0 Å². The second-order valence-corrected chi connectivity index (χ2v) is 4.97. The molecular formula is C18H21NO2.